The molecule has 3 rings (SSSR count). The predicted octanol–water partition coefficient (Wildman–Crippen LogP) is 5.14. The highest BCUT2D eigenvalue weighted by Crippen LogP contribution is 2.33. The molecule has 0 saturated heterocycles. The Hall–Kier alpha value is -1.65. The number of fused-ring (bicyclic) bond motifs is 1. The number of aromatic nitrogens is 1. The molecule has 5 heteroatoms. The fourth-order valence-electron chi connectivity index (χ4n) is 1.81. The van der Waals surface area contributed by atoms with E-state index in [-0.39, 0.29) is 5.82 Å². The van der Waals surface area contributed by atoms with Gasteiger partial charge in [0.1, 0.15) is 5.82 Å². The molecule has 2 nitrogen and oxygen atoms in total. The molecule has 0 bridgehead atoms. The third-order valence-electron chi connectivity index (χ3n) is 2.81. The van der Waals surface area contributed by atoms with Crippen LogP contribution < -0.4 is 5.32 Å². The van der Waals surface area contributed by atoms with Crippen LogP contribution in [0.2, 0.25) is 5.02 Å². The maximum absolute atomic E-state index is 13.2. The van der Waals surface area contributed by atoms with Gasteiger partial charge in [0.15, 0.2) is 5.13 Å². The summed E-state index contributed by atoms with van der Waals surface area (Å²) in [6.45, 7) is 1.92. The van der Waals surface area contributed by atoms with E-state index < -0.39 is 0 Å². The number of halogens is 2. The van der Waals surface area contributed by atoms with E-state index in [1.165, 1.54) is 23.5 Å². The van der Waals surface area contributed by atoms with Crippen LogP contribution in [0.3, 0.4) is 0 Å². The van der Waals surface area contributed by atoms with E-state index in [2.05, 4.69) is 10.3 Å². The van der Waals surface area contributed by atoms with Crippen LogP contribution >= 0.6 is 22.9 Å². The van der Waals surface area contributed by atoms with E-state index in [1.807, 2.05) is 25.1 Å². The van der Waals surface area contributed by atoms with Crippen LogP contribution in [0, 0.1) is 12.7 Å². The van der Waals surface area contributed by atoms with Crippen molar-refractivity contribution in [1.82, 2.24) is 4.98 Å². The lowest BCUT2D eigenvalue weighted by Crippen LogP contribution is -1.93. The van der Waals surface area contributed by atoms with Gasteiger partial charge < -0.3 is 5.32 Å². The van der Waals surface area contributed by atoms with Gasteiger partial charge in [0.2, 0.25) is 0 Å². The number of nitrogens with zero attached hydrogens (tertiary/aromatic N) is 1. The molecule has 0 aliphatic carbocycles. The van der Waals surface area contributed by atoms with Gasteiger partial charge in [-0.05, 0) is 36.8 Å². The van der Waals surface area contributed by atoms with E-state index >= 15 is 0 Å². The molecule has 0 aliphatic rings. The Labute approximate surface area is 118 Å². The maximum Gasteiger partial charge on any atom is 0.188 e. The van der Waals surface area contributed by atoms with E-state index in [4.69, 9.17) is 11.6 Å². The number of benzene rings is 2. The summed E-state index contributed by atoms with van der Waals surface area (Å²) in [4.78, 5) is 4.44. The monoisotopic (exact) mass is 292 g/mol. The van der Waals surface area contributed by atoms with Crippen molar-refractivity contribution in [3.8, 4) is 0 Å². The summed E-state index contributed by atoms with van der Waals surface area (Å²) in [5.41, 5.74) is 2.52. The van der Waals surface area contributed by atoms with Gasteiger partial charge in [0, 0.05) is 5.69 Å². The quantitative estimate of drug-likeness (QED) is 0.707. The first kappa shape index (κ1) is 12.4. The first-order valence-corrected chi connectivity index (χ1v) is 6.91. The highest BCUT2D eigenvalue weighted by Gasteiger charge is 2.08. The number of anilines is 2. The summed E-state index contributed by atoms with van der Waals surface area (Å²) in [6, 6.07) is 10.2. The van der Waals surface area contributed by atoms with Crippen LogP contribution in [-0.4, -0.2) is 4.98 Å². The minimum atomic E-state index is -0.271. The second kappa shape index (κ2) is 4.79. The van der Waals surface area contributed by atoms with Crippen molar-refractivity contribution in [1.29, 1.82) is 0 Å². The van der Waals surface area contributed by atoms with Crippen molar-refractivity contribution in [3.05, 3.63) is 52.8 Å². The van der Waals surface area contributed by atoms with Gasteiger partial charge in [-0.25, -0.2) is 9.37 Å². The Kier molecular flexibility index (Phi) is 3.12. The molecule has 0 unspecified atom stereocenters. The van der Waals surface area contributed by atoms with Gasteiger partial charge in [-0.15, -0.1) is 0 Å². The summed E-state index contributed by atoms with van der Waals surface area (Å²) in [5, 5.41) is 4.52. The lowest BCUT2D eigenvalue weighted by Gasteiger charge is -2.06. The molecule has 1 N–H and O–H groups in total. The molecule has 0 saturated carbocycles. The molecule has 0 aliphatic heterocycles. The lowest BCUT2D eigenvalue weighted by molar-refractivity contribution is 0.628. The summed E-state index contributed by atoms with van der Waals surface area (Å²) in [7, 11) is 0. The second-order valence-corrected chi connectivity index (χ2v) is 5.60. The van der Waals surface area contributed by atoms with Crippen LogP contribution in [0.4, 0.5) is 15.2 Å². The average Bonchev–Trinajstić information content (AvgIpc) is 2.78. The van der Waals surface area contributed by atoms with Gasteiger partial charge in [0.25, 0.3) is 0 Å². The Bertz CT molecular complexity index is 754. The smallest absolute Gasteiger partial charge is 0.188 e. The average molecular weight is 293 g/mol. The zero-order chi connectivity index (χ0) is 13.4. The fraction of sp³-hybridized carbons (Fsp3) is 0.0714. The summed E-state index contributed by atoms with van der Waals surface area (Å²) >= 11 is 7.57. The van der Waals surface area contributed by atoms with Crippen molar-refractivity contribution in [2.45, 2.75) is 6.92 Å². The Morgan fingerprint density at radius 3 is 2.89 bits per heavy atom. The molecule has 0 amide bonds. The van der Waals surface area contributed by atoms with Crippen molar-refractivity contribution < 1.29 is 4.39 Å². The lowest BCUT2D eigenvalue weighted by atomic mass is 10.2. The van der Waals surface area contributed by atoms with Crippen molar-refractivity contribution in [3.63, 3.8) is 0 Å². The van der Waals surface area contributed by atoms with Gasteiger partial charge in [0.05, 0.1) is 15.2 Å². The summed E-state index contributed by atoms with van der Waals surface area (Å²) in [6.07, 6.45) is 0. The highest BCUT2D eigenvalue weighted by atomic mass is 35.5. The van der Waals surface area contributed by atoms with Crippen LogP contribution in [-0.2, 0) is 0 Å². The van der Waals surface area contributed by atoms with Gasteiger partial charge >= 0.3 is 0 Å². The van der Waals surface area contributed by atoms with Crippen LogP contribution in [0.5, 0.6) is 0 Å². The summed E-state index contributed by atoms with van der Waals surface area (Å²) < 4.78 is 14.2. The molecule has 2 aromatic carbocycles. The number of hydrogen-bond donors (Lipinski definition) is 1. The van der Waals surface area contributed by atoms with E-state index in [1.54, 1.807) is 6.07 Å². The van der Waals surface area contributed by atoms with Crippen LogP contribution in [0.15, 0.2) is 36.4 Å². The van der Waals surface area contributed by atoms with Gasteiger partial charge in [-0.1, -0.05) is 35.1 Å². The zero-order valence-electron chi connectivity index (χ0n) is 10.1. The Morgan fingerprint density at radius 1 is 1.26 bits per heavy atom. The number of hydrogen-bond acceptors (Lipinski definition) is 3. The molecule has 0 spiro atoms. The molecule has 0 fully saturated rings. The minimum absolute atomic E-state index is 0.271. The zero-order valence-corrected chi connectivity index (χ0v) is 11.6. The number of nitrogens with one attached hydrogen (secondary N) is 1. The van der Waals surface area contributed by atoms with E-state index in [0.717, 1.165) is 21.5 Å². The Morgan fingerprint density at radius 2 is 2.11 bits per heavy atom. The minimum Gasteiger partial charge on any atom is -0.331 e. The van der Waals surface area contributed by atoms with Crippen molar-refractivity contribution >= 4 is 44.0 Å². The predicted molar refractivity (Wildman–Crippen MR) is 79.0 cm³/mol. The normalized spacial score (nSPS) is 10.9. The summed E-state index contributed by atoms with van der Waals surface area (Å²) in [5.74, 6) is -0.271. The van der Waals surface area contributed by atoms with E-state index in [0.29, 0.717) is 10.2 Å². The maximum atomic E-state index is 13.2. The standard InChI is InChI=1S/C14H10ClFN2S/c1-8-5-6-9(16)7-12(8)18-14-17-11-4-2-3-10(15)13(11)19-14/h2-7H,1H3,(H,17,18). The number of aryl methyl sites for hydroxylation is 1. The highest BCUT2D eigenvalue weighted by molar-refractivity contribution is 7.22. The molecule has 1 heterocycles. The van der Waals surface area contributed by atoms with Crippen molar-refractivity contribution in [2.75, 3.05) is 5.32 Å². The largest absolute Gasteiger partial charge is 0.331 e. The van der Waals surface area contributed by atoms with Crippen LogP contribution in [0.25, 0.3) is 10.2 Å². The first-order chi connectivity index (χ1) is 9.13. The molecule has 0 atom stereocenters. The molecular weight excluding hydrogens is 283 g/mol. The molecular formula is C14H10ClFN2S. The molecule has 3 aromatic rings. The van der Waals surface area contributed by atoms with E-state index in [9.17, 15) is 4.39 Å². The topological polar surface area (TPSA) is 24.9 Å². The molecule has 19 heavy (non-hydrogen) atoms. The van der Waals surface area contributed by atoms with Crippen LogP contribution in [0.1, 0.15) is 5.56 Å². The SMILES string of the molecule is Cc1ccc(F)cc1Nc1nc2cccc(Cl)c2s1. The first-order valence-electron chi connectivity index (χ1n) is 5.72. The van der Waals surface area contributed by atoms with Gasteiger partial charge in [-0.2, -0.15) is 0 Å². The Balaban J connectivity index is 2.01. The van der Waals surface area contributed by atoms with Crippen molar-refractivity contribution in [2.24, 2.45) is 0 Å². The molecule has 0 radical (unpaired) electrons. The molecule has 96 valence electrons. The number of thiazole rings is 1. The number of rotatable bonds is 2. The fourth-order valence-corrected chi connectivity index (χ4v) is 2.98. The third-order valence-corrected chi connectivity index (χ3v) is 4.26. The molecule has 1 aromatic heterocycles. The van der Waals surface area contributed by atoms with Gasteiger partial charge in [-0.3, -0.25) is 0 Å². The third kappa shape index (κ3) is 2.41. The second-order valence-electron chi connectivity index (χ2n) is 4.19.